The predicted octanol–water partition coefficient (Wildman–Crippen LogP) is 1.60. The van der Waals surface area contributed by atoms with Crippen LogP contribution in [0.25, 0.3) is 0 Å². The Morgan fingerprint density at radius 1 is 1.50 bits per heavy atom. The van der Waals surface area contributed by atoms with Gasteiger partial charge >= 0.3 is 0 Å². The molecule has 1 aromatic heterocycles. The van der Waals surface area contributed by atoms with Gasteiger partial charge in [0.25, 0.3) is 0 Å². The van der Waals surface area contributed by atoms with Crippen LogP contribution in [0.1, 0.15) is 51.8 Å². The molecule has 0 aromatic carbocycles. The first-order valence-corrected chi connectivity index (χ1v) is 6.63. The summed E-state index contributed by atoms with van der Waals surface area (Å²) in [5, 5.41) is 2.95. The van der Waals surface area contributed by atoms with Crippen LogP contribution in [0.3, 0.4) is 0 Å². The van der Waals surface area contributed by atoms with Crippen molar-refractivity contribution < 1.29 is 4.79 Å². The molecule has 1 amide bonds. The number of rotatable bonds is 7. The molecule has 3 N–H and O–H groups in total. The number of hydrogen-bond acceptors (Lipinski definition) is 3. The molecule has 5 heteroatoms. The Bertz CT molecular complexity index is 375. The zero-order valence-electron chi connectivity index (χ0n) is 11.5. The van der Waals surface area contributed by atoms with Gasteiger partial charge in [0, 0.05) is 31.2 Å². The molecule has 1 heterocycles. The van der Waals surface area contributed by atoms with Gasteiger partial charge in [-0.3, -0.25) is 4.79 Å². The van der Waals surface area contributed by atoms with Gasteiger partial charge in [-0.2, -0.15) is 0 Å². The van der Waals surface area contributed by atoms with Gasteiger partial charge in [0.2, 0.25) is 5.91 Å². The zero-order chi connectivity index (χ0) is 13.5. The van der Waals surface area contributed by atoms with Gasteiger partial charge < -0.3 is 15.6 Å². The smallest absolute Gasteiger partial charge is 0.221 e. The molecular formula is C13H24N4O. The maximum Gasteiger partial charge on any atom is 0.221 e. The van der Waals surface area contributed by atoms with Crippen LogP contribution in [0.15, 0.2) is 12.5 Å². The van der Waals surface area contributed by atoms with Crippen molar-refractivity contribution in [2.45, 2.75) is 58.7 Å². The molecule has 5 nitrogen and oxygen atoms in total. The van der Waals surface area contributed by atoms with Crippen molar-refractivity contribution >= 4 is 5.91 Å². The second kappa shape index (κ2) is 7.16. The molecule has 0 aliphatic rings. The third kappa shape index (κ3) is 4.14. The maximum absolute atomic E-state index is 11.7. The fourth-order valence-electron chi connectivity index (χ4n) is 1.71. The van der Waals surface area contributed by atoms with Crippen molar-refractivity contribution in [3.05, 3.63) is 18.2 Å². The van der Waals surface area contributed by atoms with Crippen molar-refractivity contribution in [2.24, 2.45) is 5.73 Å². The highest BCUT2D eigenvalue weighted by Gasteiger charge is 2.11. The van der Waals surface area contributed by atoms with Crippen LogP contribution < -0.4 is 11.1 Å². The van der Waals surface area contributed by atoms with Gasteiger partial charge in [0.1, 0.15) is 0 Å². The van der Waals surface area contributed by atoms with Crippen molar-refractivity contribution in [3.8, 4) is 0 Å². The number of nitrogens with two attached hydrogens (primary N) is 1. The van der Waals surface area contributed by atoms with Crippen molar-refractivity contribution in [2.75, 3.05) is 0 Å². The number of amides is 1. The minimum Gasteiger partial charge on any atom is -0.354 e. The number of carbonyl (C=O) groups excluding carboxylic acids is 1. The lowest BCUT2D eigenvalue weighted by Crippen LogP contribution is -2.32. The normalized spacial score (nSPS) is 14.2. The molecule has 18 heavy (non-hydrogen) atoms. The Labute approximate surface area is 109 Å². The number of hydrogen-bond donors (Lipinski definition) is 2. The van der Waals surface area contributed by atoms with Crippen LogP contribution in [0, 0.1) is 0 Å². The number of imidazole rings is 1. The summed E-state index contributed by atoms with van der Waals surface area (Å²) in [6, 6.07) is 0.225. The number of nitrogens with zero attached hydrogens (tertiary/aromatic N) is 2. The highest BCUT2D eigenvalue weighted by molar-refractivity contribution is 5.76. The standard InChI is InChI=1S/C13H24N4O/c1-4-10(3)16-13(18)6-7-17-9-15-8-12(17)11(14)5-2/h8-11H,4-7,14H2,1-3H3,(H,16,18)/t10?,11-/m1/s1. The average Bonchev–Trinajstić information content (AvgIpc) is 2.83. The van der Waals surface area contributed by atoms with Crippen LogP contribution in [0.5, 0.6) is 0 Å². The summed E-state index contributed by atoms with van der Waals surface area (Å²) in [5.74, 6) is 0.0778. The summed E-state index contributed by atoms with van der Waals surface area (Å²) >= 11 is 0. The Hall–Kier alpha value is -1.36. The first-order chi connectivity index (χ1) is 8.58. The minimum absolute atomic E-state index is 0.00914. The van der Waals surface area contributed by atoms with E-state index in [9.17, 15) is 4.79 Å². The predicted molar refractivity (Wildman–Crippen MR) is 72.0 cm³/mol. The summed E-state index contributed by atoms with van der Waals surface area (Å²) in [7, 11) is 0. The van der Waals surface area contributed by atoms with Gasteiger partial charge in [-0.1, -0.05) is 13.8 Å². The Kier molecular flexibility index (Phi) is 5.85. The van der Waals surface area contributed by atoms with E-state index in [1.54, 1.807) is 12.5 Å². The summed E-state index contributed by atoms with van der Waals surface area (Å²) in [6.45, 7) is 6.73. The van der Waals surface area contributed by atoms with Crippen LogP contribution in [-0.4, -0.2) is 21.5 Å². The minimum atomic E-state index is -0.00914. The van der Waals surface area contributed by atoms with Gasteiger partial charge in [0.05, 0.1) is 12.0 Å². The fourth-order valence-corrected chi connectivity index (χ4v) is 1.71. The van der Waals surface area contributed by atoms with E-state index in [0.29, 0.717) is 13.0 Å². The highest BCUT2D eigenvalue weighted by atomic mass is 16.1. The molecule has 102 valence electrons. The molecule has 0 bridgehead atoms. The molecule has 0 aliphatic heterocycles. The molecule has 1 unspecified atom stereocenters. The van der Waals surface area contributed by atoms with Gasteiger partial charge in [-0.15, -0.1) is 0 Å². The molecule has 0 spiro atoms. The Morgan fingerprint density at radius 2 is 2.22 bits per heavy atom. The number of nitrogens with one attached hydrogen (secondary N) is 1. The lowest BCUT2D eigenvalue weighted by Gasteiger charge is -2.14. The fraction of sp³-hybridized carbons (Fsp3) is 0.692. The van der Waals surface area contributed by atoms with Crippen LogP contribution in [-0.2, 0) is 11.3 Å². The van der Waals surface area contributed by atoms with Gasteiger partial charge in [0.15, 0.2) is 0 Å². The first kappa shape index (κ1) is 14.7. The van der Waals surface area contributed by atoms with Gasteiger partial charge in [-0.25, -0.2) is 4.98 Å². The van der Waals surface area contributed by atoms with E-state index >= 15 is 0 Å². The lowest BCUT2D eigenvalue weighted by molar-refractivity contribution is -0.121. The van der Waals surface area contributed by atoms with Crippen molar-refractivity contribution in [1.29, 1.82) is 0 Å². The molecule has 0 fully saturated rings. The van der Waals surface area contributed by atoms with Crippen LogP contribution >= 0.6 is 0 Å². The number of carbonyl (C=O) groups is 1. The summed E-state index contributed by atoms with van der Waals surface area (Å²) in [6.07, 6.45) is 5.79. The van der Waals surface area contributed by atoms with E-state index in [1.165, 1.54) is 0 Å². The largest absolute Gasteiger partial charge is 0.354 e. The van der Waals surface area contributed by atoms with Crippen molar-refractivity contribution in [1.82, 2.24) is 14.9 Å². The lowest BCUT2D eigenvalue weighted by atomic mass is 10.2. The Balaban J connectivity index is 2.48. The van der Waals surface area contributed by atoms with E-state index in [0.717, 1.165) is 18.5 Å². The number of aryl methyl sites for hydroxylation is 1. The molecule has 2 atom stereocenters. The molecule has 1 aromatic rings. The second-order valence-electron chi connectivity index (χ2n) is 4.65. The quantitative estimate of drug-likeness (QED) is 0.774. The summed E-state index contributed by atoms with van der Waals surface area (Å²) in [5.41, 5.74) is 6.98. The first-order valence-electron chi connectivity index (χ1n) is 6.63. The van der Waals surface area contributed by atoms with Gasteiger partial charge in [-0.05, 0) is 19.8 Å². The topological polar surface area (TPSA) is 72.9 Å². The summed E-state index contributed by atoms with van der Waals surface area (Å²) in [4.78, 5) is 15.8. The SMILES string of the molecule is CCC(C)NC(=O)CCn1cncc1[C@H](N)CC. The summed E-state index contributed by atoms with van der Waals surface area (Å²) < 4.78 is 1.96. The number of aromatic nitrogens is 2. The third-order valence-electron chi connectivity index (χ3n) is 3.16. The molecule has 0 aliphatic carbocycles. The average molecular weight is 252 g/mol. The zero-order valence-corrected chi connectivity index (χ0v) is 11.5. The monoisotopic (exact) mass is 252 g/mol. The van der Waals surface area contributed by atoms with E-state index in [2.05, 4.69) is 17.2 Å². The molecule has 1 rings (SSSR count). The molecule has 0 saturated heterocycles. The second-order valence-corrected chi connectivity index (χ2v) is 4.65. The molecular weight excluding hydrogens is 228 g/mol. The van der Waals surface area contributed by atoms with Crippen LogP contribution in [0.4, 0.5) is 0 Å². The molecule has 0 saturated carbocycles. The molecule has 0 radical (unpaired) electrons. The van der Waals surface area contributed by atoms with E-state index < -0.39 is 0 Å². The third-order valence-corrected chi connectivity index (χ3v) is 3.16. The maximum atomic E-state index is 11.7. The van der Waals surface area contributed by atoms with Crippen LogP contribution in [0.2, 0.25) is 0 Å². The van der Waals surface area contributed by atoms with E-state index in [1.807, 2.05) is 18.4 Å². The van der Waals surface area contributed by atoms with E-state index in [4.69, 9.17) is 5.73 Å². The van der Waals surface area contributed by atoms with E-state index in [-0.39, 0.29) is 18.0 Å². The highest BCUT2D eigenvalue weighted by Crippen LogP contribution is 2.13. The Morgan fingerprint density at radius 3 is 2.83 bits per heavy atom. The van der Waals surface area contributed by atoms with Crippen molar-refractivity contribution in [3.63, 3.8) is 0 Å².